The van der Waals surface area contributed by atoms with E-state index in [1.54, 1.807) is 0 Å². The molecule has 1 aliphatic carbocycles. The van der Waals surface area contributed by atoms with Crippen LogP contribution in [-0.4, -0.2) is 34.6 Å². The van der Waals surface area contributed by atoms with Crippen molar-refractivity contribution >= 4 is 16.9 Å². The molecule has 1 amide bonds. The number of H-pyrrole nitrogens is 1. The summed E-state index contributed by atoms with van der Waals surface area (Å²) in [7, 11) is 1.47. The molecule has 0 spiro atoms. The van der Waals surface area contributed by atoms with Crippen LogP contribution in [0.25, 0.3) is 11.0 Å². The molecule has 0 aliphatic heterocycles. The van der Waals surface area contributed by atoms with Crippen LogP contribution in [0.15, 0.2) is 12.1 Å². The lowest BCUT2D eigenvalue weighted by atomic mass is 9.75. The topological polar surface area (TPSA) is 93.0 Å². The third kappa shape index (κ3) is 2.44. The molecule has 0 saturated heterocycles. The molecule has 22 heavy (non-hydrogen) atoms. The summed E-state index contributed by atoms with van der Waals surface area (Å²) in [4.78, 5) is 19.1. The number of benzene rings is 1. The molecule has 1 fully saturated rings. The summed E-state index contributed by atoms with van der Waals surface area (Å²) in [6.07, 6.45) is 0.928. The third-order valence-corrected chi connectivity index (χ3v) is 3.98. The normalized spacial score (nSPS) is 24.3. The van der Waals surface area contributed by atoms with Crippen LogP contribution in [0, 0.1) is 11.6 Å². The van der Waals surface area contributed by atoms with Gasteiger partial charge in [-0.15, -0.1) is 0 Å². The number of nitrogens with one attached hydrogen (secondary N) is 2. The molecule has 1 aliphatic rings. The molecular weight excluding hydrogens is 294 g/mol. The predicted octanol–water partition coefficient (Wildman–Crippen LogP) is 0.964. The van der Waals surface area contributed by atoms with Gasteiger partial charge in [-0.25, -0.2) is 13.8 Å². The predicted molar refractivity (Wildman–Crippen MR) is 74.8 cm³/mol. The van der Waals surface area contributed by atoms with Gasteiger partial charge in [0.25, 0.3) is 5.91 Å². The molecule has 118 valence electrons. The molecule has 0 atom stereocenters. The molecule has 2 aromatic rings. The number of ether oxygens (including phenoxy) is 1. The van der Waals surface area contributed by atoms with Gasteiger partial charge in [-0.05, 0) is 0 Å². The first-order valence-corrected chi connectivity index (χ1v) is 6.86. The summed E-state index contributed by atoms with van der Waals surface area (Å²) in [6.45, 7) is 0.108. The molecule has 1 aromatic heterocycles. The van der Waals surface area contributed by atoms with Crippen LogP contribution in [0.3, 0.4) is 0 Å². The van der Waals surface area contributed by atoms with Crippen molar-refractivity contribution in [1.82, 2.24) is 15.3 Å². The van der Waals surface area contributed by atoms with E-state index >= 15 is 0 Å². The second-order valence-electron chi connectivity index (χ2n) is 5.52. The van der Waals surface area contributed by atoms with Crippen LogP contribution >= 0.6 is 0 Å². The van der Waals surface area contributed by atoms with Crippen molar-refractivity contribution < 1.29 is 18.3 Å². The molecule has 0 bridgehead atoms. The summed E-state index contributed by atoms with van der Waals surface area (Å²) in [5, 5.41) is 2.70. The number of carbonyl (C=O) groups excluding carboxylic acids is 1. The zero-order valence-corrected chi connectivity index (χ0v) is 12.0. The summed E-state index contributed by atoms with van der Waals surface area (Å²) in [5.74, 6) is -1.78. The first-order chi connectivity index (χ1) is 10.4. The zero-order valence-electron chi connectivity index (χ0n) is 12.0. The maximum atomic E-state index is 13.1. The Kier molecular flexibility index (Phi) is 3.57. The lowest BCUT2D eigenvalue weighted by molar-refractivity contribution is -0.156. The molecule has 0 unspecified atom stereocenters. The van der Waals surface area contributed by atoms with Crippen molar-refractivity contribution in [2.24, 2.45) is 5.73 Å². The van der Waals surface area contributed by atoms with Gasteiger partial charge < -0.3 is 20.8 Å². The highest BCUT2D eigenvalue weighted by atomic mass is 19.2. The molecule has 8 heteroatoms. The second kappa shape index (κ2) is 5.29. The number of aromatic nitrogens is 2. The van der Waals surface area contributed by atoms with E-state index in [1.807, 2.05) is 0 Å². The van der Waals surface area contributed by atoms with E-state index in [2.05, 4.69) is 15.3 Å². The zero-order chi connectivity index (χ0) is 15.9. The van der Waals surface area contributed by atoms with E-state index in [0.29, 0.717) is 29.7 Å². The maximum Gasteiger partial charge on any atom is 0.252 e. The lowest BCUT2D eigenvalue weighted by Crippen LogP contribution is -2.61. The molecule has 3 rings (SSSR count). The number of fused-ring (bicyclic) bond motifs is 1. The van der Waals surface area contributed by atoms with E-state index in [4.69, 9.17) is 10.5 Å². The monoisotopic (exact) mass is 310 g/mol. The number of hydrogen-bond acceptors (Lipinski definition) is 4. The number of nitrogens with two attached hydrogens (primary N) is 1. The maximum absolute atomic E-state index is 13.1. The minimum Gasteiger partial charge on any atom is -0.368 e. The number of methoxy groups -OCH3 is 1. The van der Waals surface area contributed by atoms with E-state index in [0.717, 1.165) is 12.1 Å². The fourth-order valence-electron chi connectivity index (χ4n) is 2.70. The Bertz CT molecular complexity index is 686. The number of nitrogens with zero attached hydrogens (tertiary/aromatic N) is 1. The van der Waals surface area contributed by atoms with Gasteiger partial charge in [0.05, 0.1) is 17.6 Å². The number of carbonyl (C=O) groups is 1. The Hall–Kier alpha value is -2.06. The van der Waals surface area contributed by atoms with Gasteiger partial charge in [0.15, 0.2) is 11.6 Å². The summed E-state index contributed by atoms with van der Waals surface area (Å²) in [6, 6.07) is 2.00. The van der Waals surface area contributed by atoms with E-state index < -0.39 is 17.2 Å². The second-order valence-corrected chi connectivity index (χ2v) is 5.52. The van der Waals surface area contributed by atoms with Crippen molar-refractivity contribution in [2.75, 3.05) is 7.11 Å². The average molecular weight is 310 g/mol. The lowest BCUT2D eigenvalue weighted by Gasteiger charge is -2.43. The Labute approximate surface area is 125 Å². The van der Waals surface area contributed by atoms with Crippen LogP contribution in [-0.2, 0) is 16.1 Å². The minimum atomic E-state index is -0.962. The van der Waals surface area contributed by atoms with Crippen molar-refractivity contribution in [3.8, 4) is 0 Å². The largest absolute Gasteiger partial charge is 0.368 e. The Morgan fingerprint density at radius 2 is 2.18 bits per heavy atom. The Balaban J connectivity index is 1.70. The quantitative estimate of drug-likeness (QED) is 0.784. The number of amides is 1. The van der Waals surface area contributed by atoms with Crippen molar-refractivity contribution in [1.29, 1.82) is 0 Å². The fraction of sp³-hybridized carbons (Fsp3) is 0.429. The first-order valence-electron chi connectivity index (χ1n) is 6.86. The summed E-state index contributed by atoms with van der Waals surface area (Å²) in [5.41, 5.74) is 5.49. The molecule has 6 nitrogen and oxygen atoms in total. The standard InChI is InChI=1S/C14H16F2N4O2/c1-22-14(4-7(17)5-14)13(21)18-6-12-19-10-2-8(15)9(16)3-11(10)20-12/h2-3,7H,4-6,17H2,1H3,(H,18,21)(H,19,20). The van der Waals surface area contributed by atoms with Crippen LogP contribution in [0.1, 0.15) is 18.7 Å². The third-order valence-electron chi connectivity index (χ3n) is 3.98. The highest BCUT2D eigenvalue weighted by Crippen LogP contribution is 2.34. The van der Waals surface area contributed by atoms with Gasteiger partial charge in [0.2, 0.25) is 0 Å². The number of halogens is 2. The highest BCUT2D eigenvalue weighted by Gasteiger charge is 2.49. The van der Waals surface area contributed by atoms with Crippen LogP contribution in [0.5, 0.6) is 0 Å². The molecule has 1 aromatic carbocycles. The molecule has 1 heterocycles. The molecule has 1 saturated carbocycles. The smallest absolute Gasteiger partial charge is 0.252 e. The van der Waals surface area contributed by atoms with Gasteiger partial charge in [-0.2, -0.15) is 0 Å². The van der Waals surface area contributed by atoms with Gasteiger partial charge in [0.1, 0.15) is 11.4 Å². The van der Waals surface area contributed by atoms with Crippen LogP contribution in [0.2, 0.25) is 0 Å². The van der Waals surface area contributed by atoms with E-state index in [1.165, 1.54) is 7.11 Å². The highest BCUT2D eigenvalue weighted by molar-refractivity contribution is 5.86. The van der Waals surface area contributed by atoms with Crippen LogP contribution < -0.4 is 11.1 Å². The van der Waals surface area contributed by atoms with Crippen molar-refractivity contribution in [2.45, 2.75) is 31.0 Å². The first kappa shape index (κ1) is 14.9. The Morgan fingerprint density at radius 3 is 2.82 bits per heavy atom. The van der Waals surface area contributed by atoms with Gasteiger partial charge in [-0.3, -0.25) is 4.79 Å². The van der Waals surface area contributed by atoms with Gasteiger partial charge >= 0.3 is 0 Å². The minimum absolute atomic E-state index is 0.0390. The number of imidazole rings is 1. The Morgan fingerprint density at radius 1 is 1.50 bits per heavy atom. The van der Waals surface area contributed by atoms with Gasteiger partial charge in [-0.1, -0.05) is 0 Å². The molecule has 0 radical (unpaired) electrons. The fourth-order valence-corrected chi connectivity index (χ4v) is 2.70. The number of rotatable bonds is 4. The summed E-state index contributed by atoms with van der Waals surface area (Å²) >= 11 is 0. The number of hydrogen-bond donors (Lipinski definition) is 3. The van der Waals surface area contributed by atoms with E-state index in [9.17, 15) is 13.6 Å². The average Bonchev–Trinajstić information content (AvgIpc) is 2.83. The number of aromatic amines is 1. The van der Waals surface area contributed by atoms with E-state index in [-0.39, 0.29) is 18.5 Å². The SMILES string of the molecule is COC1(C(=O)NCc2nc3cc(F)c(F)cc3[nH]2)CC(N)C1. The summed E-state index contributed by atoms with van der Waals surface area (Å²) < 4.78 is 31.5. The van der Waals surface area contributed by atoms with Gasteiger partial charge in [0, 0.05) is 38.1 Å². The molecule has 4 N–H and O–H groups in total. The molecular formula is C14H16F2N4O2. The van der Waals surface area contributed by atoms with Crippen molar-refractivity contribution in [3.05, 3.63) is 29.6 Å². The van der Waals surface area contributed by atoms with Crippen LogP contribution in [0.4, 0.5) is 8.78 Å². The van der Waals surface area contributed by atoms with Crippen molar-refractivity contribution in [3.63, 3.8) is 0 Å².